The average molecular weight is 565 g/mol. The molecule has 10 nitrogen and oxygen atoms in total. The molecule has 0 aromatic carbocycles. The second-order valence-electron chi connectivity index (χ2n) is 9.28. The van der Waals surface area contributed by atoms with Gasteiger partial charge in [0, 0.05) is 30.9 Å². The normalized spacial score (nSPS) is 16.3. The molecule has 1 saturated heterocycles. The molecule has 208 valence electrons. The Morgan fingerprint density at radius 2 is 1.92 bits per heavy atom. The highest BCUT2D eigenvalue weighted by Gasteiger charge is 2.42. The number of rotatable bonds is 7. The number of hydrogen-bond donors (Lipinski definition) is 2. The Hall–Kier alpha value is -3.94. The molecule has 1 amide bonds. The molecule has 1 aliphatic rings. The molecule has 0 aliphatic carbocycles. The van der Waals surface area contributed by atoms with Crippen LogP contribution in [0.3, 0.4) is 0 Å². The maximum absolute atomic E-state index is 13.6. The van der Waals surface area contributed by atoms with Gasteiger partial charge in [-0.15, -0.1) is 0 Å². The molecule has 3 aromatic rings. The molecular formula is C25H27F3N6O4S. The van der Waals surface area contributed by atoms with Crippen LogP contribution in [0.5, 0.6) is 5.88 Å². The van der Waals surface area contributed by atoms with E-state index in [-0.39, 0.29) is 42.7 Å². The summed E-state index contributed by atoms with van der Waals surface area (Å²) in [5.74, 6) is -2.45. The van der Waals surface area contributed by atoms with E-state index in [4.69, 9.17) is 10.5 Å². The largest absolute Gasteiger partial charge is 0.475 e. The summed E-state index contributed by atoms with van der Waals surface area (Å²) >= 11 is 0. The Bertz CT molecular complexity index is 1450. The zero-order valence-corrected chi connectivity index (χ0v) is 22.0. The number of nitrogen functional groups attached to an aromatic ring is 1. The third-order valence-corrected chi connectivity index (χ3v) is 7.17. The van der Waals surface area contributed by atoms with Gasteiger partial charge in [0.15, 0.2) is 5.03 Å². The van der Waals surface area contributed by atoms with Gasteiger partial charge in [0.1, 0.15) is 11.6 Å². The molecule has 3 N–H and O–H groups in total. The topological polar surface area (TPSA) is 140 Å². The molecule has 0 saturated carbocycles. The van der Waals surface area contributed by atoms with Crippen molar-refractivity contribution in [1.29, 1.82) is 0 Å². The van der Waals surface area contributed by atoms with E-state index >= 15 is 0 Å². The first-order valence-corrected chi connectivity index (χ1v) is 13.6. The highest BCUT2D eigenvalue weighted by molar-refractivity contribution is 7.90. The molecule has 4 heterocycles. The summed E-state index contributed by atoms with van der Waals surface area (Å²) in [6.45, 7) is 3.47. The van der Waals surface area contributed by atoms with E-state index < -0.39 is 39.6 Å². The van der Waals surface area contributed by atoms with Crippen LogP contribution in [0.15, 0.2) is 53.7 Å². The van der Waals surface area contributed by atoms with E-state index in [9.17, 15) is 26.4 Å². The highest BCUT2D eigenvalue weighted by atomic mass is 32.2. The monoisotopic (exact) mass is 564 g/mol. The summed E-state index contributed by atoms with van der Waals surface area (Å²) in [6.07, 6.45) is -2.88. The van der Waals surface area contributed by atoms with Gasteiger partial charge in [-0.05, 0) is 57.0 Å². The van der Waals surface area contributed by atoms with Crippen molar-refractivity contribution < 1.29 is 31.1 Å². The lowest BCUT2D eigenvalue weighted by Crippen LogP contribution is -2.43. The molecule has 14 heteroatoms. The molecule has 3 aromatic heterocycles. The summed E-state index contributed by atoms with van der Waals surface area (Å²) in [5, 5.41) is -0.480. The number of hydrogen-bond acceptors (Lipinski definition) is 9. The number of halogens is 3. The lowest BCUT2D eigenvalue weighted by molar-refractivity contribution is -0.176. The molecule has 1 aliphatic heterocycles. The number of nitrogens with two attached hydrogens (primary N) is 1. The summed E-state index contributed by atoms with van der Waals surface area (Å²) in [5.41, 5.74) is 6.22. The van der Waals surface area contributed by atoms with Crippen LogP contribution in [0, 0.1) is 5.92 Å². The number of pyridine rings is 3. The van der Waals surface area contributed by atoms with Crippen LogP contribution in [-0.4, -0.2) is 54.6 Å². The molecule has 4 rings (SSSR count). The van der Waals surface area contributed by atoms with Crippen molar-refractivity contribution in [3.8, 4) is 17.1 Å². The van der Waals surface area contributed by atoms with Crippen LogP contribution in [0.2, 0.25) is 0 Å². The van der Waals surface area contributed by atoms with Gasteiger partial charge in [0.2, 0.25) is 5.88 Å². The van der Waals surface area contributed by atoms with E-state index in [1.165, 1.54) is 35.4 Å². The van der Waals surface area contributed by atoms with Gasteiger partial charge < -0.3 is 15.4 Å². The van der Waals surface area contributed by atoms with Crippen LogP contribution in [0.4, 0.5) is 24.8 Å². The molecule has 0 radical (unpaired) electrons. The first-order valence-electron chi connectivity index (χ1n) is 12.1. The van der Waals surface area contributed by atoms with Gasteiger partial charge in [-0.25, -0.2) is 19.7 Å². The minimum atomic E-state index is -4.43. The number of nitrogens with zero attached hydrogens (tertiary/aromatic N) is 4. The molecular weight excluding hydrogens is 537 g/mol. The van der Waals surface area contributed by atoms with Crippen molar-refractivity contribution >= 4 is 27.6 Å². The fourth-order valence-corrected chi connectivity index (χ4v) is 5.06. The zero-order valence-electron chi connectivity index (χ0n) is 21.1. The molecule has 1 unspecified atom stereocenters. The minimum absolute atomic E-state index is 0.0576. The Balaban J connectivity index is 1.71. The number of amides is 1. The van der Waals surface area contributed by atoms with Crippen LogP contribution in [0.1, 0.15) is 37.0 Å². The summed E-state index contributed by atoms with van der Waals surface area (Å²) < 4.78 is 73.7. The quantitative estimate of drug-likeness (QED) is 0.438. The number of aromatic nitrogens is 3. The SMILES string of the molecule is CC(C)Oc1ccc(-c2ccc(C(=O)NS(=O)(=O)c3cccc(N)n3)c(N3CCCC(C(F)(F)F)C3)n2)cn1. The number of piperidine rings is 1. The lowest BCUT2D eigenvalue weighted by Gasteiger charge is -2.35. The second-order valence-corrected chi connectivity index (χ2v) is 10.9. The molecule has 39 heavy (non-hydrogen) atoms. The summed E-state index contributed by atoms with van der Waals surface area (Å²) in [7, 11) is -4.43. The third-order valence-electron chi connectivity index (χ3n) is 5.94. The Kier molecular flexibility index (Phi) is 7.95. The van der Waals surface area contributed by atoms with Gasteiger partial charge in [-0.1, -0.05) is 6.07 Å². The first kappa shape index (κ1) is 28.1. The van der Waals surface area contributed by atoms with Gasteiger partial charge in [-0.2, -0.15) is 21.6 Å². The fourth-order valence-electron chi connectivity index (χ4n) is 4.12. The average Bonchev–Trinajstić information content (AvgIpc) is 2.88. The van der Waals surface area contributed by atoms with Gasteiger partial charge in [0.25, 0.3) is 15.9 Å². The first-order chi connectivity index (χ1) is 18.3. The lowest BCUT2D eigenvalue weighted by atomic mass is 9.97. The predicted octanol–water partition coefficient (Wildman–Crippen LogP) is 3.81. The molecule has 1 fully saturated rings. The smallest absolute Gasteiger partial charge is 0.393 e. The van der Waals surface area contributed by atoms with Gasteiger partial charge in [-0.3, -0.25) is 4.79 Å². The second kappa shape index (κ2) is 11.0. The van der Waals surface area contributed by atoms with Gasteiger partial charge >= 0.3 is 6.18 Å². The Morgan fingerprint density at radius 3 is 2.56 bits per heavy atom. The van der Waals surface area contributed by atoms with Crippen molar-refractivity contribution in [2.24, 2.45) is 5.92 Å². The van der Waals surface area contributed by atoms with Crippen LogP contribution in [0.25, 0.3) is 11.3 Å². The number of ether oxygens (including phenoxy) is 1. The number of anilines is 2. The van der Waals surface area contributed by atoms with E-state index in [0.29, 0.717) is 17.1 Å². The van der Waals surface area contributed by atoms with Crippen molar-refractivity contribution in [1.82, 2.24) is 19.7 Å². The van der Waals surface area contributed by atoms with Crippen LogP contribution < -0.4 is 20.1 Å². The number of nitrogens with one attached hydrogen (secondary N) is 1. The number of sulfonamides is 1. The van der Waals surface area contributed by atoms with Crippen molar-refractivity contribution in [3.63, 3.8) is 0 Å². The summed E-state index contributed by atoms with van der Waals surface area (Å²) in [6, 6.07) is 10.0. The van der Waals surface area contributed by atoms with Crippen LogP contribution in [-0.2, 0) is 10.0 Å². The Labute approximate surface area is 223 Å². The van der Waals surface area contributed by atoms with E-state index in [0.717, 1.165) is 6.07 Å². The molecule has 0 spiro atoms. The van der Waals surface area contributed by atoms with E-state index in [1.807, 2.05) is 18.6 Å². The minimum Gasteiger partial charge on any atom is -0.475 e. The zero-order chi connectivity index (χ0) is 28.4. The van der Waals surface area contributed by atoms with Crippen LogP contribution >= 0.6 is 0 Å². The summed E-state index contributed by atoms with van der Waals surface area (Å²) in [4.78, 5) is 27.0. The third kappa shape index (κ3) is 6.74. The molecule has 0 bridgehead atoms. The number of alkyl halides is 3. The van der Waals surface area contributed by atoms with E-state index in [2.05, 4.69) is 15.0 Å². The van der Waals surface area contributed by atoms with Crippen molar-refractivity contribution in [2.75, 3.05) is 23.7 Å². The number of carbonyl (C=O) groups excluding carboxylic acids is 1. The highest BCUT2D eigenvalue weighted by Crippen LogP contribution is 2.36. The maximum atomic E-state index is 13.6. The van der Waals surface area contributed by atoms with E-state index in [1.54, 1.807) is 12.1 Å². The molecule has 1 atom stereocenters. The van der Waals surface area contributed by atoms with Gasteiger partial charge in [0.05, 0.1) is 23.3 Å². The van der Waals surface area contributed by atoms with Crippen molar-refractivity contribution in [3.05, 3.63) is 54.2 Å². The number of carbonyl (C=O) groups is 1. The Morgan fingerprint density at radius 1 is 1.15 bits per heavy atom. The predicted molar refractivity (Wildman–Crippen MR) is 138 cm³/mol. The maximum Gasteiger partial charge on any atom is 0.393 e. The standard InChI is InChI=1S/C25H27F3N6O4S/c1-15(2)38-21-11-8-16(13-30-21)19-10-9-18(23(31-19)34-12-4-5-17(14-34)25(26,27)28)24(35)33-39(36,37)22-7-3-6-20(29)32-22/h3,6-11,13,15,17H,4-5,12,14H2,1-2H3,(H2,29,32)(H,33,35). The van der Waals surface area contributed by atoms with Crippen molar-refractivity contribution in [2.45, 2.75) is 44.0 Å². The fraction of sp³-hybridized carbons (Fsp3) is 0.360.